The highest BCUT2D eigenvalue weighted by Gasteiger charge is 2.19. The molecule has 9 heteroatoms. The van der Waals surface area contributed by atoms with Gasteiger partial charge in [0, 0.05) is 12.8 Å². The van der Waals surface area contributed by atoms with Gasteiger partial charge < -0.3 is 19.0 Å². The van der Waals surface area contributed by atoms with E-state index in [1.165, 1.54) is 30.2 Å². The van der Waals surface area contributed by atoms with Crippen molar-refractivity contribution in [2.75, 3.05) is 12.4 Å². The van der Waals surface area contributed by atoms with E-state index in [0.717, 1.165) is 0 Å². The first-order chi connectivity index (χ1) is 13.0. The van der Waals surface area contributed by atoms with Gasteiger partial charge in [-0.05, 0) is 43.3 Å². The Morgan fingerprint density at radius 3 is 2.81 bits per heavy atom. The van der Waals surface area contributed by atoms with Crippen molar-refractivity contribution in [1.82, 2.24) is 20.1 Å². The van der Waals surface area contributed by atoms with Crippen molar-refractivity contribution < 1.29 is 18.3 Å². The van der Waals surface area contributed by atoms with Gasteiger partial charge in [-0.15, -0.1) is 10.2 Å². The Hall–Kier alpha value is -2.81. The van der Waals surface area contributed by atoms with Gasteiger partial charge in [0.15, 0.2) is 16.7 Å². The van der Waals surface area contributed by atoms with Crippen LogP contribution in [0.2, 0.25) is 0 Å². The summed E-state index contributed by atoms with van der Waals surface area (Å²) in [5, 5.41) is 11.9. The van der Waals surface area contributed by atoms with Gasteiger partial charge in [0.25, 0.3) is 5.91 Å². The number of hydrogen-bond donors (Lipinski definition) is 1. The lowest BCUT2D eigenvalue weighted by atomic mass is 10.3. The van der Waals surface area contributed by atoms with Gasteiger partial charge in [0.05, 0.1) is 18.9 Å². The molecule has 0 aliphatic rings. The number of nitrogens with zero attached hydrogens (tertiary/aromatic N) is 3. The second-order valence-corrected chi connectivity index (χ2v) is 6.79. The summed E-state index contributed by atoms with van der Waals surface area (Å²) in [6, 6.07) is 8.82. The largest absolute Gasteiger partial charge is 0.493 e. The zero-order valence-electron chi connectivity index (χ0n) is 14.9. The Kier molecular flexibility index (Phi) is 6.12. The molecule has 7 nitrogen and oxygen atoms in total. The molecule has 142 valence electrons. The van der Waals surface area contributed by atoms with Crippen molar-refractivity contribution in [1.29, 1.82) is 0 Å². The molecular formula is C18H19FN4O3S. The van der Waals surface area contributed by atoms with E-state index < -0.39 is 0 Å². The summed E-state index contributed by atoms with van der Waals surface area (Å²) in [5.41, 5.74) is 0. The van der Waals surface area contributed by atoms with Crippen molar-refractivity contribution in [2.45, 2.75) is 18.1 Å². The fourth-order valence-electron chi connectivity index (χ4n) is 2.39. The maximum absolute atomic E-state index is 12.9. The fraction of sp³-hybridized carbons (Fsp3) is 0.278. The van der Waals surface area contributed by atoms with Crippen molar-refractivity contribution in [3.63, 3.8) is 0 Å². The molecule has 1 N–H and O–H groups in total. The number of nitrogens with one attached hydrogen (secondary N) is 1. The van der Waals surface area contributed by atoms with E-state index in [2.05, 4.69) is 15.5 Å². The first-order valence-electron chi connectivity index (χ1n) is 8.29. The number of aromatic nitrogens is 3. The van der Waals surface area contributed by atoms with E-state index in [4.69, 9.17) is 9.15 Å². The molecule has 27 heavy (non-hydrogen) atoms. The number of thioether (sulfide) groups is 1. The monoisotopic (exact) mass is 390 g/mol. The van der Waals surface area contributed by atoms with Crippen LogP contribution in [-0.4, -0.2) is 33.0 Å². The van der Waals surface area contributed by atoms with Crippen LogP contribution in [0.4, 0.5) is 4.39 Å². The third kappa shape index (κ3) is 4.88. The third-order valence-corrected chi connectivity index (χ3v) is 4.73. The summed E-state index contributed by atoms with van der Waals surface area (Å²) in [6.45, 7) is 2.28. The quantitative estimate of drug-likeness (QED) is 0.470. The smallest absolute Gasteiger partial charge is 0.287 e. The van der Waals surface area contributed by atoms with Crippen LogP contribution in [0.15, 0.2) is 52.2 Å². The van der Waals surface area contributed by atoms with Gasteiger partial charge in [-0.1, -0.05) is 11.8 Å². The molecule has 0 radical (unpaired) electrons. The number of ether oxygens (including phenoxy) is 1. The Bertz CT molecular complexity index is 881. The molecule has 0 spiro atoms. The first-order valence-corrected chi connectivity index (χ1v) is 9.28. The van der Waals surface area contributed by atoms with Crippen molar-refractivity contribution in [2.24, 2.45) is 7.05 Å². The Balaban J connectivity index is 1.50. The number of carbonyl (C=O) groups excluding carboxylic acids is 1. The molecule has 0 unspecified atom stereocenters. The SMILES string of the molecule is C[C@@H](NC(=O)c1ccco1)c1nnc(SCCOc2ccc(F)cc2)n1C. The van der Waals surface area contributed by atoms with E-state index in [1.807, 2.05) is 18.5 Å². The normalized spacial score (nSPS) is 12.0. The number of rotatable bonds is 8. The van der Waals surface area contributed by atoms with Gasteiger partial charge in [0.2, 0.25) is 0 Å². The second kappa shape index (κ2) is 8.72. The van der Waals surface area contributed by atoms with Gasteiger partial charge in [0.1, 0.15) is 11.6 Å². The van der Waals surface area contributed by atoms with Crippen LogP contribution in [0.3, 0.4) is 0 Å². The zero-order chi connectivity index (χ0) is 19.2. The number of hydrogen-bond acceptors (Lipinski definition) is 6. The third-order valence-electron chi connectivity index (χ3n) is 3.75. The predicted molar refractivity (Wildman–Crippen MR) is 98.2 cm³/mol. The predicted octanol–water partition coefficient (Wildman–Crippen LogP) is 3.21. The van der Waals surface area contributed by atoms with Crippen LogP contribution >= 0.6 is 11.8 Å². The highest BCUT2D eigenvalue weighted by molar-refractivity contribution is 7.99. The number of carbonyl (C=O) groups is 1. The van der Waals surface area contributed by atoms with E-state index in [0.29, 0.717) is 29.1 Å². The number of benzene rings is 1. The topological polar surface area (TPSA) is 82.2 Å². The molecule has 1 atom stereocenters. The Morgan fingerprint density at radius 1 is 1.33 bits per heavy atom. The highest BCUT2D eigenvalue weighted by atomic mass is 32.2. The van der Waals surface area contributed by atoms with Crippen LogP contribution in [0.25, 0.3) is 0 Å². The molecule has 1 amide bonds. The molecule has 0 saturated carbocycles. The van der Waals surface area contributed by atoms with Gasteiger partial charge in [-0.3, -0.25) is 4.79 Å². The summed E-state index contributed by atoms with van der Waals surface area (Å²) in [4.78, 5) is 12.1. The number of amides is 1. The molecule has 1 aromatic carbocycles. The lowest BCUT2D eigenvalue weighted by Crippen LogP contribution is -2.28. The highest BCUT2D eigenvalue weighted by Crippen LogP contribution is 2.20. The van der Waals surface area contributed by atoms with E-state index in [9.17, 15) is 9.18 Å². The van der Waals surface area contributed by atoms with Gasteiger partial charge in [-0.2, -0.15) is 0 Å². The average molecular weight is 390 g/mol. The molecule has 2 aromatic heterocycles. The maximum Gasteiger partial charge on any atom is 0.287 e. The second-order valence-electron chi connectivity index (χ2n) is 5.72. The van der Waals surface area contributed by atoms with Crippen LogP contribution in [0, 0.1) is 5.82 Å². The van der Waals surface area contributed by atoms with Crippen LogP contribution in [0.1, 0.15) is 29.3 Å². The fourth-order valence-corrected chi connectivity index (χ4v) is 3.13. The summed E-state index contributed by atoms with van der Waals surface area (Å²) in [5.74, 6) is 1.54. The molecule has 0 bridgehead atoms. The molecule has 3 aromatic rings. The summed E-state index contributed by atoms with van der Waals surface area (Å²) in [6.07, 6.45) is 1.45. The minimum Gasteiger partial charge on any atom is -0.493 e. The summed E-state index contributed by atoms with van der Waals surface area (Å²) in [7, 11) is 1.84. The minimum atomic E-state index is -0.329. The van der Waals surface area contributed by atoms with Crippen LogP contribution < -0.4 is 10.1 Å². The minimum absolute atomic E-state index is 0.247. The molecule has 3 rings (SSSR count). The van der Waals surface area contributed by atoms with E-state index >= 15 is 0 Å². The molecule has 0 fully saturated rings. The molecule has 0 saturated heterocycles. The Labute approximate surface area is 159 Å². The van der Waals surface area contributed by atoms with Gasteiger partial charge in [-0.25, -0.2) is 4.39 Å². The lowest BCUT2D eigenvalue weighted by Gasteiger charge is -2.12. The summed E-state index contributed by atoms with van der Waals surface area (Å²) >= 11 is 1.48. The van der Waals surface area contributed by atoms with Crippen molar-refractivity contribution in [3.05, 3.63) is 60.1 Å². The summed E-state index contributed by atoms with van der Waals surface area (Å²) < 4.78 is 25.3. The van der Waals surface area contributed by atoms with Gasteiger partial charge >= 0.3 is 0 Å². The maximum atomic E-state index is 12.9. The van der Waals surface area contributed by atoms with E-state index in [-0.39, 0.29) is 23.5 Å². The number of furan rings is 1. The lowest BCUT2D eigenvalue weighted by molar-refractivity contribution is 0.0909. The number of halogens is 1. The van der Waals surface area contributed by atoms with Crippen molar-refractivity contribution >= 4 is 17.7 Å². The van der Waals surface area contributed by atoms with Crippen molar-refractivity contribution in [3.8, 4) is 5.75 Å². The van der Waals surface area contributed by atoms with E-state index in [1.54, 1.807) is 24.3 Å². The molecule has 0 aliphatic heterocycles. The first kappa shape index (κ1) is 19.0. The van der Waals surface area contributed by atoms with Crippen LogP contribution in [0.5, 0.6) is 5.75 Å². The molecule has 0 aliphatic carbocycles. The standard InChI is InChI=1S/C18H19FN4O3S/c1-12(20-17(24)15-4-3-9-26-15)16-21-22-18(23(16)2)27-11-10-25-14-7-5-13(19)6-8-14/h3-9,12H,10-11H2,1-2H3,(H,20,24)/t12-/m1/s1. The molecule has 2 heterocycles. The average Bonchev–Trinajstić information content (AvgIpc) is 3.31. The Morgan fingerprint density at radius 2 is 2.11 bits per heavy atom. The van der Waals surface area contributed by atoms with Crippen LogP contribution in [-0.2, 0) is 7.05 Å². The zero-order valence-corrected chi connectivity index (χ0v) is 15.7. The molecular weight excluding hydrogens is 371 g/mol.